The van der Waals surface area contributed by atoms with E-state index in [4.69, 9.17) is 11.6 Å². The third kappa shape index (κ3) is 3.18. The van der Waals surface area contributed by atoms with Crippen LogP contribution >= 0.6 is 11.6 Å². The van der Waals surface area contributed by atoms with E-state index in [1.54, 1.807) is 16.7 Å². The van der Waals surface area contributed by atoms with Gasteiger partial charge in [-0.15, -0.1) is 0 Å². The summed E-state index contributed by atoms with van der Waals surface area (Å²) >= 11 is 6.23. The van der Waals surface area contributed by atoms with Gasteiger partial charge in [-0.25, -0.2) is 4.79 Å². The van der Waals surface area contributed by atoms with Crippen LogP contribution in [0.4, 0.5) is 4.79 Å². The van der Waals surface area contributed by atoms with Gasteiger partial charge < -0.3 is 14.9 Å². The molecule has 0 saturated carbocycles. The van der Waals surface area contributed by atoms with E-state index in [2.05, 4.69) is 4.90 Å². The fraction of sp³-hybridized carbons (Fsp3) is 0.588. The number of fused-ring (bicyclic) bond motifs is 1. The number of urea groups is 1. The molecular formula is C17H22ClN3O4. The van der Waals surface area contributed by atoms with Gasteiger partial charge in [0, 0.05) is 43.9 Å². The molecule has 2 amide bonds. The first-order valence-electron chi connectivity index (χ1n) is 8.42. The number of piperazine rings is 1. The summed E-state index contributed by atoms with van der Waals surface area (Å²) < 4.78 is 0. The van der Waals surface area contributed by atoms with Crippen LogP contribution in [-0.4, -0.2) is 76.9 Å². The zero-order valence-corrected chi connectivity index (χ0v) is 15.2. The molecule has 1 saturated heterocycles. The molecule has 0 spiro atoms. The number of hydrogen-bond donors (Lipinski definition) is 1. The number of amides is 2. The summed E-state index contributed by atoms with van der Waals surface area (Å²) in [5.74, 6) is -1.19. The Balaban J connectivity index is 1.96. The molecule has 0 radical (unpaired) electrons. The predicted molar refractivity (Wildman–Crippen MR) is 92.2 cm³/mol. The van der Waals surface area contributed by atoms with Crippen LogP contribution in [0.5, 0.6) is 0 Å². The molecule has 0 aromatic rings. The average molecular weight is 368 g/mol. The maximum Gasteiger partial charge on any atom is 0.324 e. The number of halogens is 1. The SMILES string of the molecule is CC1=C(CC(=O)O)C2=C(Cl)C(=O)CCC2N1C(=O)N1CCN(C)CC1. The molecule has 3 aliphatic rings. The Labute approximate surface area is 151 Å². The molecular weight excluding hydrogens is 346 g/mol. The number of ketones is 1. The summed E-state index contributed by atoms with van der Waals surface area (Å²) in [6, 6.07) is -0.473. The summed E-state index contributed by atoms with van der Waals surface area (Å²) in [4.78, 5) is 42.0. The van der Waals surface area contributed by atoms with Crippen LogP contribution in [0.25, 0.3) is 0 Å². The molecule has 1 fully saturated rings. The van der Waals surface area contributed by atoms with E-state index in [9.17, 15) is 19.5 Å². The Bertz CT molecular complexity index is 692. The van der Waals surface area contributed by atoms with E-state index in [-0.39, 0.29) is 35.7 Å². The molecule has 2 aliphatic heterocycles. The van der Waals surface area contributed by atoms with Crippen LogP contribution < -0.4 is 0 Å². The number of carboxylic acids is 1. The van der Waals surface area contributed by atoms with E-state index in [0.717, 1.165) is 13.1 Å². The van der Waals surface area contributed by atoms with E-state index in [1.165, 1.54) is 0 Å². The van der Waals surface area contributed by atoms with Crippen LogP contribution in [0.15, 0.2) is 21.9 Å². The number of hydrogen-bond acceptors (Lipinski definition) is 4. The lowest BCUT2D eigenvalue weighted by molar-refractivity contribution is -0.136. The minimum Gasteiger partial charge on any atom is -0.481 e. The first-order valence-corrected chi connectivity index (χ1v) is 8.80. The molecule has 0 bridgehead atoms. The second kappa shape index (κ2) is 6.80. The van der Waals surface area contributed by atoms with Gasteiger partial charge >= 0.3 is 12.0 Å². The molecule has 8 heteroatoms. The van der Waals surface area contributed by atoms with Gasteiger partial charge in [0.2, 0.25) is 0 Å². The summed E-state index contributed by atoms with van der Waals surface area (Å²) in [7, 11) is 2.02. The zero-order chi connectivity index (χ0) is 18.3. The summed E-state index contributed by atoms with van der Waals surface area (Å²) in [5.41, 5.74) is 1.62. The maximum absolute atomic E-state index is 13.1. The number of carboxylic acid groups (broad SMARTS) is 1. The maximum atomic E-state index is 13.1. The Kier molecular flexibility index (Phi) is 4.88. The van der Waals surface area contributed by atoms with Crippen LogP contribution in [0.2, 0.25) is 0 Å². The van der Waals surface area contributed by atoms with Crippen molar-refractivity contribution < 1.29 is 19.5 Å². The second-order valence-electron chi connectivity index (χ2n) is 6.78. The lowest BCUT2D eigenvalue weighted by Gasteiger charge is -2.38. The lowest BCUT2D eigenvalue weighted by Crippen LogP contribution is -2.53. The van der Waals surface area contributed by atoms with Crippen molar-refractivity contribution in [3.05, 3.63) is 21.9 Å². The molecule has 1 aliphatic carbocycles. The molecule has 0 aromatic heterocycles. The highest BCUT2D eigenvalue weighted by molar-refractivity contribution is 6.43. The first-order chi connectivity index (χ1) is 11.8. The molecule has 25 heavy (non-hydrogen) atoms. The van der Waals surface area contributed by atoms with Crippen molar-refractivity contribution in [1.82, 2.24) is 14.7 Å². The van der Waals surface area contributed by atoms with Gasteiger partial charge in [0.15, 0.2) is 5.78 Å². The van der Waals surface area contributed by atoms with Crippen LogP contribution in [0, 0.1) is 0 Å². The third-order valence-electron chi connectivity index (χ3n) is 5.20. The van der Waals surface area contributed by atoms with Gasteiger partial charge in [-0.1, -0.05) is 11.6 Å². The first kappa shape index (κ1) is 17.9. The number of allylic oxidation sites excluding steroid dienone is 2. The van der Waals surface area contributed by atoms with Gasteiger partial charge in [0.25, 0.3) is 0 Å². The van der Waals surface area contributed by atoms with E-state index < -0.39 is 5.97 Å². The number of rotatable bonds is 2. The summed E-state index contributed by atoms with van der Waals surface area (Å²) in [6.07, 6.45) is 0.505. The fourth-order valence-electron chi connectivity index (χ4n) is 3.79. The van der Waals surface area contributed by atoms with Gasteiger partial charge in [-0.3, -0.25) is 14.5 Å². The zero-order valence-electron chi connectivity index (χ0n) is 14.4. The topological polar surface area (TPSA) is 81.2 Å². The smallest absolute Gasteiger partial charge is 0.324 e. The highest BCUT2D eigenvalue weighted by atomic mass is 35.5. The van der Waals surface area contributed by atoms with Crippen LogP contribution in [-0.2, 0) is 9.59 Å². The van der Waals surface area contributed by atoms with Crippen molar-refractivity contribution >= 4 is 29.4 Å². The Morgan fingerprint density at radius 3 is 2.48 bits per heavy atom. The van der Waals surface area contributed by atoms with E-state index in [1.807, 2.05) is 7.05 Å². The Morgan fingerprint density at radius 2 is 1.88 bits per heavy atom. The van der Waals surface area contributed by atoms with Gasteiger partial charge in [0.05, 0.1) is 17.5 Å². The molecule has 2 heterocycles. The van der Waals surface area contributed by atoms with Crippen molar-refractivity contribution in [2.75, 3.05) is 33.2 Å². The molecule has 136 valence electrons. The quantitative estimate of drug-likeness (QED) is 0.802. The average Bonchev–Trinajstić information content (AvgIpc) is 2.83. The summed E-state index contributed by atoms with van der Waals surface area (Å²) in [5, 5.41) is 9.32. The van der Waals surface area contributed by atoms with Crippen molar-refractivity contribution in [1.29, 1.82) is 0 Å². The second-order valence-corrected chi connectivity index (χ2v) is 7.16. The number of carbonyl (C=O) groups is 3. The van der Waals surface area contributed by atoms with Crippen molar-refractivity contribution in [2.45, 2.75) is 32.2 Å². The number of nitrogens with zero attached hydrogens (tertiary/aromatic N) is 3. The number of aliphatic carboxylic acids is 1. The standard InChI is InChI=1S/C17H22ClN3O4/c1-10-11(9-14(23)24)15-12(3-4-13(22)16(15)18)21(10)17(25)20-7-5-19(2)6-8-20/h12H,3-9H2,1-2H3,(H,23,24). The molecule has 3 rings (SSSR count). The molecule has 0 aromatic carbocycles. The minimum atomic E-state index is -1.00. The van der Waals surface area contributed by atoms with Gasteiger partial charge in [-0.05, 0) is 26.0 Å². The summed E-state index contributed by atoms with van der Waals surface area (Å²) in [6.45, 7) is 4.61. The predicted octanol–water partition coefficient (Wildman–Crippen LogP) is 1.64. The molecule has 1 N–H and O–H groups in total. The number of likely N-dealkylation sites (N-methyl/N-ethyl adjacent to an activating group) is 1. The normalized spacial score (nSPS) is 24.9. The van der Waals surface area contributed by atoms with Crippen LogP contribution in [0.3, 0.4) is 0 Å². The van der Waals surface area contributed by atoms with E-state index in [0.29, 0.717) is 36.4 Å². The van der Waals surface area contributed by atoms with Crippen molar-refractivity contribution in [3.63, 3.8) is 0 Å². The highest BCUT2D eigenvalue weighted by Gasteiger charge is 2.44. The number of carbonyl (C=O) groups excluding carboxylic acids is 2. The van der Waals surface area contributed by atoms with Crippen LogP contribution in [0.1, 0.15) is 26.2 Å². The minimum absolute atomic E-state index is 0.0838. The number of Topliss-reactive ketones (excluding diaryl/α,β-unsaturated/α-hetero) is 1. The van der Waals surface area contributed by atoms with Gasteiger partial charge in [0.1, 0.15) is 0 Å². The van der Waals surface area contributed by atoms with E-state index >= 15 is 0 Å². The van der Waals surface area contributed by atoms with Crippen molar-refractivity contribution in [2.24, 2.45) is 0 Å². The molecule has 1 unspecified atom stereocenters. The monoisotopic (exact) mass is 367 g/mol. The Morgan fingerprint density at radius 1 is 1.24 bits per heavy atom. The highest BCUT2D eigenvalue weighted by Crippen LogP contribution is 2.43. The largest absolute Gasteiger partial charge is 0.481 e. The molecule has 1 atom stereocenters. The Hall–Kier alpha value is -1.86. The third-order valence-corrected chi connectivity index (χ3v) is 5.62. The molecule has 7 nitrogen and oxygen atoms in total. The van der Waals surface area contributed by atoms with Gasteiger partial charge in [-0.2, -0.15) is 0 Å². The van der Waals surface area contributed by atoms with Crippen molar-refractivity contribution in [3.8, 4) is 0 Å². The lowest BCUT2D eigenvalue weighted by atomic mass is 9.89. The fourth-order valence-corrected chi connectivity index (χ4v) is 4.12.